The van der Waals surface area contributed by atoms with E-state index in [4.69, 9.17) is 19.3 Å². The van der Waals surface area contributed by atoms with Crippen molar-refractivity contribution in [2.24, 2.45) is 9.98 Å². The second kappa shape index (κ2) is 8.66. The second-order valence-electron chi connectivity index (χ2n) is 8.66. The molecule has 0 aliphatic carbocycles. The van der Waals surface area contributed by atoms with Crippen LogP contribution in [0, 0.1) is 0 Å². The lowest BCUT2D eigenvalue weighted by atomic mass is 10.1. The molecular formula is C25H26N6O3. The number of carboxylic acids is 1. The number of imidazole rings is 1. The molecular weight excluding hydrogens is 432 g/mol. The standard InChI is InChI=1S/C23H22N6O.C2H4O2/c1-13-10-24-22(26-13)17-4-3-15-7-19(30-20(15)8-17)16-5-6-29-12-18(28-21(29)9-16)23-25-11-14(2)27-23;1-2(3)4/h3-9,12-14H,10-11H2,1-2H3,(H,24,26)(H,25,27);1H3,(H,3,4). The maximum Gasteiger partial charge on any atom is 0.300 e. The Labute approximate surface area is 196 Å². The minimum Gasteiger partial charge on any atom is -0.481 e. The van der Waals surface area contributed by atoms with Crippen molar-refractivity contribution in [1.82, 2.24) is 20.0 Å². The highest BCUT2D eigenvalue weighted by molar-refractivity contribution is 6.02. The summed E-state index contributed by atoms with van der Waals surface area (Å²) < 4.78 is 8.21. The lowest BCUT2D eigenvalue weighted by molar-refractivity contribution is -0.134. The summed E-state index contributed by atoms with van der Waals surface area (Å²) in [7, 11) is 0. The first-order valence-electron chi connectivity index (χ1n) is 11.2. The molecule has 5 heterocycles. The number of nitrogens with one attached hydrogen (secondary N) is 2. The third kappa shape index (κ3) is 4.36. The van der Waals surface area contributed by atoms with Gasteiger partial charge in [0, 0.05) is 47.9 Å². The third-order valence-electron chi connectivity index (χ3n) is 5.59. The Balaban J connectivity index is 0.000000560. The molecule has 0 spiro atoms. The van der Waals surface area contributed by atoms with E-state index in [-0.39, 0.29) is 0 Å². The number of amidine groups is 2. The van der Waals surface area contributed by atoms with E-state index in [2.05, 4.69) is 58.7 Å². The van der Waals surface area contributed by atoms with Gasteiger partial charge < -0.3 is 24.6 Å². The first kappa shape index (κ1) is 21.7. The van der Waals surface area contributed by atoms with E-state index >= 15 is 0 Å². The molecule has 4 aromatic rings. The van der Waals surface area contributed by atoms with Crippen LogP contribution in [0.2, 0.25) is 0 Å². The molecule has 0 amide bonds. The molecule has 34 heavy (non-hydrogen) atoms. The maximum atomic E-state index is 9.00. The molecule has 0 saturated heterocycles. The summed E-state index contributed by atoms with van der Waals surface area (Å²) >= 11 is 0. The van der Waals surface area contributed by atoms with E-state index in [1.54, 1.807) is 0 Å². The smallest absolute Gasteiger partial charge is 0.300 e. The van der Waals surface area contributed by atoms with Crippen LogP contribution in [0.15, 0.2) is 63.2 Å². The molecule has 174 valence electrons. The van der Waals surface area contributed by atoms with Gasteiger partial charge in [0.25, 0.3) is 5.97 Å². The molecule has 2 unspecified atom stereocenters. The van der Waals surface area contributed by atoms with Gasteiger partial charge in [-0.05, 0) is 38.1 Å². The Morgan fingerprint density at radius 1 is 1.03 bits per heavy atom. The van der Waals surface area contributed by atoms with Gasteiger partial charge in [-0.25, -0.2) is 4.98 Å². The van der Waals surface area contributed by atoms with E-state index in [0.29, 0.717) is 12.1 Å². The molecule has 9 nitrogen and oxygen atoms in total. The lowest BCUT2D eigenvalue weighted by Crippen LogP contribution is -2.27. The van der Waals surface area contributed by atoms with Gasteiger partial charge in [0.15, 0.2) is 0 Å². The molecule has 2 aliphatic rings. The Kier molecular flexibility index (Phi) is 5.53. The molecule has 0 saturated carbocycles. The number of rotatable bonds is 3. The third-order valence-corrected chi connectivity index (χ3v) is 5.59. The van der Waals surface area contributed by atoms with Crippen molar-refractivity contribution in [3.05, 3.63) is 60.0 Å². The molecule has 2 atom stereocenters. The van der Waals surface area contributed by atoms with Gasteiger partial charge in [0.1, 0.15) is 34.4 Å². The number of furan rings is 1. The number of hydrogen-bond donors (Lipinski definition) is 3. The van der Waals surface area contributed by atoms with Gasteiger partial charge in [-0.3, -0.25) is 14.8 Å². The average Bonchev–Trinajstić information content (AvgIpc) is 3.57. The van der Waals surface area contributed by atoms with Crippen LogP contribution in [-0.4, -0.2) is 57.3 Å². The summed E-state index contributed by atoms with van der Waals surface area (Å²) in [5.41, 5.74) is 4.64. The molecule has 2 aliphatic heterocycles. The Bertz CT molecular complexity index is 1420. The number of fused-ring (bicyclic) bond motifs is 2. The number of nitrogens with zero attached hydrogens (tertiary/aromatic N) is 4. The number of carboxylic acid groups (broad SMARTS) is 1. The molecule has 3 aromatic heterocycles. The quantitative estimate of drug-likeness (QED) is 0.434. The van der Waals surface area contributed by atoms with Gasteiger partial charge in [-0.1, -0.05) is 12.1 Å². The number of benzene rings is 1. The fourth-order valence-corrected chi connectivity index (χ4v) is 4.01. The van der Waals surface area contributed by atoms with Crippen molar-refractivity contribution in [2.75, 3.05) is 13.1 Å². The summed E-state index contributed by atoms with van der Waals surface area (Å²) in [5.74, 6) is 1.79. The zero-order valence-electron chi connectivity index (χ0n) is 19.2. The van der Waals surface area contributed by atoms with Crippen molar-refractivity contribution in [3.8, 4) is 11.3 Å². The number of aromatic nitrogens is 2. The van der Waals surface area contributed by atoms with Crippen LogP contribution in [0.4, 0.5) is 0 Å². The minimum atomic E-state index is -0.833. The fourth-order valence-electron chi connectivity index (χ4n) is 4.01. The van der Waals surface area contributed by atoms with E-state index < -0.39 is 5.97 Å². The number of pyridine rings is 1. The molecule has 3 N–H and O–H groups in total. The first-order chi connectivity index (χ1) is 16.4. The fraction of sp³-hybridized carbons (Fsp3) is 0.280. The topological polar surface area (TPSA) is 117 Å². The monoisotopic (exact) mass is 458 g/mol. The number of aliphatic imine (C=N–C) groups is 2. The predicted octanol–water partition coefficient (Wildman–Crippen LogP) is 3.32. The number of carbonyl (C=O) groups is 1. The lowest BCUT2D eigenvalue weighted by Gasteiger charge is -2.05. The summed E-state index contributed by atoms with van der Waals surface area (Å²) in [6.07, 6.45) is 4.02. The Hall–Kier alpha value is -4.14. The van der Waals surface area contributed by atoms with Crippen LogP contribution in [0.3, 0.4) is 0 Å². The van der Waals surface area contributed by atoms with Gasteiger partial charge in [-0.15, -0.1) is 0 Å². The summed E-state index contributed by atoms with van der Waals surface area (Å²) in [4.78, 5) is 22.9. The summed E-state index contributed by atoms with van der Waals surface area (Å²) in [6, 6.07) is 13.1. The largest absolute Gasteiger partial charge is 0.481 e. The molecule has 1 aromatic carbocycles. The van der Waals surface area contributed by atoms with Gasteiger partial charge in [0.05, 0.1) is 13.1 Å². The first-order valence-corrected chi connectivity index (χ1v) is 11.2. The summed E-state index contributed by atoms with van der Waals surface area (Å²) in [5, 5.41) is 15.3. The van der Waals surface area contributed by atoms with Crippen LogP contribution in [0.5, 0.6) is 0 Å². The highest BCUT2D eigenvalue weighted by Crippen LogP contribution is 2.29. The highest BCUT2D eigenvalue weighted by Gasteiger charge is 2.18. The van der Waals surface area contributed by atoms with Crippen LogP contribution in [0.1, 0.15) is 32.0 Å². The van der Waals surface area contributed by atoms with Gasteiger partial charge >= 0.3 is 0 Å². The molecule has 0 bridgehead atoms. The Morgan fingerprint density at radius 2 is 1.74 bits per heavy atom. The molecule has 6 rings (SSSR count). The van der Waals surface area contributed by atoms with Crippen molar-refractivity contribution in [3.63, 3.8) is 0 Å². The van der Waals surface area contributed by atoms with E-state index in [0.717, 1.165) is 70.9 Å². The van der Waals surface area contributed by atoms with Crippen molar-refractivity contribution < 1.29 is 14.3 Å². The van der Waals surface area contributed by atoms with Crippen LogP contribution in [0.25, 0.3) is 27.9 Å². The van der Waals surface area contributed by atoms with E-state index in [1.165, 1.54) is 0 Å². The maximum absolute atomic E-state index is 9.00. The van der Waals surface area contributed by atoms with Gasteiger partial charge in [-0.2, -0.15) is 0 Å². The van der Waals surface area contributed by atoms with E-state index in [1.807, 2.05) is 28.9 Å². The van der Waals surface area contributed by atoms with Crippen molar-refractivity contribution in [1.29, 1.82) is 0 Å². The van der Waals surface area contributed by atoms with Crippen LogP contribution < -0.4 is 10.6 Å². The second-order valence-corrected chi connectivity index (χ2v) is 8.66. The molecule has 0 fully saturated rings. The van der Waals surface area contributed by atoms with E-state index in [9.17, 15) is 0 Å². The average molecular weight is 459 g/mol. The van der Waals surface area contributed by atoms with Crippen molar-refractivity contribution in [2.45, 2.75) is 32.9 Å². The zero-order chi connectivity index (χ0) is 23.8. The normalized spacial score (nSPS) is 19.3. The minimum absolute atomic E-state index is 0.356. The van der Waals surface area contributed by atoms with Gasteiger partial charge in [0.2, 0.25) is 0 Å². The SMILES string of the molecule is CC(=O)O.CC1CN=C(c2ccc3cc(-c4ccn5cc(C6=NCC(C)N6)nc5c4)oc3c2)N1. The van der Waals surface area contributed by atoms with Crippen LogP contribution in [-0.2, 0) is 4.79 Å². The zero-order valence-corrected chi connectivity index (χ0v) is 19.2. The molecule has 9 heteroatoms. The predicted molar refractivity (Wildman–Crippen MR) is 132 cm³/mol. The summed E-state index contributed by atoms with van der Waals surface area (Å²) in [6.45, 7) is 6.93. The highest BCUT2D eigenvalue weighted by atomic mass is 16.4. The Morgan fingerprint density at radius 3 is 2.41 bits per heavy atom. The van der Waals surface area contributed by atoms with Crippen LogP contribution >= 0.6 is 0 Å². The van der Waals surface area contributed by atoms with Crippen molar-refractivity contribution >= 4 is 34.3 Å². The number of aliphatic carboxylic acids is 1. The number of hydrogen-bond acceptors (Lipinski definition) is 7. The molecule has 0 radical (unpaired) electrons.